The van der Waals surface area contributed by atoms with Crippen molar-refractivity contribution in [3.63, 3.8) is 0 Å². The highest BCUT2D eigenvalue weighted by Crippen LogP contribution is 2.36. The molecule has 0 bridgehead atoms. The molecule has 5 rings (SSSR count). The van der Waals surface area contributed by atoms with Gasteiger partial charge in [0, 0.05) is 29.8 Å². The highest BCUT2D eigenvalue weighted by atomic mass is 19.1. The number of likely N-dealkylation sites (tertiary alicyclic amines) is 1. The second-order valence-corrected chi connectivity index (χ2v) is 9.58. The van der Waals surface area contributed by atoms with Gasteiger partial charge in [-0.15, -0.1) is 0 Å². The summed E-state index contributed by atoms with van der Waals surface area (Å²) < 4.78 is 32.2. The van der Waals surface area contributed by atoms with Crippen LogP contribution in [-0.4, -0.2) is 58.3 Å². The van der Waals surface area contributed by atoms with Crippen LogP contribution in [0.2, 0.25) is 0 Å². The Morgan fingerprint density at radius 2 is 2.05 bits per heavy atom. The number of nitrogens with one attached hydrogen (secondary N) is 1. The quantitative estimate of drug-likeness (QED) is 0.152. The lowest BCUT2D eigenvalue weighted by Crippen LogP contribution is -2.55. The molecule has 12 nitrogen and oxygen atoms in total. The minimum Gasteiger partial charge on any atom is -0.493 e. The number of aryl methyl sites for hydroxylation is 1. The van der Waals surface area contributed by atoms with Gasteiger partial charge in [-0.2, -0.15) is 5.26 Å². The van der Waals surface area contributed by atoms with E-state index in [2.05, 4.69) is 37.9 Å². The first-order chi connectivity index (χ1) is 21.3. The molecule has 3 heterocycles. The number of hydrogen-bond donors (Lipinski definition) is 2. The van der Waals surface area contributed by atoms with E-state index in [4.69, 9.17) is 25.2 Å². The van der Waals surface area contributed by atoms with Crippen molar-refractivity contribution in [3.05, 3.63) is 90.6 Å². The van der Waals surface area contributed by atoms with Gasteiger partial charge in [-0.05, 0) is 37.3 Å². The Bertz CT molecular complexity index is 1850. The van der Waals surface area contributed by atoms with Crippen molar-refractivity contribution in [2.24, 2.45) is 10.7 Å². The summed E-state index contributed by atoms with van der Waals surface area (Å²) in [5, 5.41) is 12.7. The van der Waals surface area contributed by atoms with Crippen LogP contribution >= 0.6 is 0 Å². The van der Waals surface area contributed by atoms with Crippen LogP contribution in [0.25, 0.3) is 10.9 Å². The van der Waals surface area contributed by atoms with Crippen molar-refractivity contribution in [1.82, 2.24) is 19.9 Å². The molecule has 13 heteroatoms. The third kappa shape index (κ3) is 6.55. The zero-order valence-electron chi connectivity index (χ0n) is 23.8. The van der Waals surface area contributed by atoms with E-state index in [-0.39, 0.29) is 29.3 Å². The van der Waals surface area contributed by atoms with Crippen molar-refractivity contribution in [2.75, 3.05) is 25.5 Å². The molecule has 1 amide bonds. The molecule has 2 aromatic heterocycles. The largest absolute Gasteiger partial charge is 0.493 e. The van der Waals surface area contributed by atoms with Crippen LogP contribution in [0.3, 0.4) is 0 Å². The normalized spacial score (nSPS) is 13.3. The molecule has 222 valence electrons. The standard InChI is InChI=1S/C31H27FN8O4/c1-4-30(41)40-15-22(16-40)43-28-11-23-26(12-27(28)42-3)37-17-38-31(23)39-25-6-5-21(10-24(25)32)44-29(34)7-8-35-20-9-19(13-33)18(2)36-14-20/h4-12,14,17,22H,1,15-16,34H2,2-3H3,(H,37,38,39)/b29-7+,35-8?. The van der Waals surface area contributed by atoms with Gasteiger partial charge in [0.2, 0.25) is 5.91 Å². The molecule has 1 aliphatic heterocycles. The van der Waals surface area contributed by atoms with Crippen molar-refractivity contribution in [1.29, 1.82) is 5.26 Å². The molecule has 0 aliphatic carbocycles. The summed E-state index contributed by atoms with van der Waals surface area (Å²) >= 11 is 0. The molecule has 0 atom stereocenters. The fourth-order valence-corrected chi connectivity index (χ4v) is 4.28. The van der Waals surface area contributed by atoms with Crippen LogP contribution < -0.4 is 25.3 Å². The second kappa shape index (κ2) is 12.9. The summed E-state index contributed by atoms with van der Waals surface area (Å²) in [6.07, 6.45) is 6.71. The van der Waals surface area contributed by atoms with Gasteiger partial charge in [0.1, 0.15) is 35.9 Å². The molecular weight excluding hydrogens is 567 g/mol. The van der Waals surface area contributed by atoms with Gasteiger partial charge in [0.25, 0.3) is 0 Å². The summed E-state index contributed by atoms with van der Waals surface area (Å²) in [5.41, 5.74) is 8.11. The Hall–Kier alpha value is -6.03. The molecule has 1 aliphatic rings. The number of fused-ring (bicyclic) bond motifs is 1. The van der Waals surface area contributed by atoms with Gasteiger partial charge >= 0.3 is 0 Å². The smallest absolute Gasteiger partial charge is 0.246 e. The summed E-state index contributed by atoms with van der Waals surface area (Å²) in [6.45, 7) is 6.07. The lowest BCUT2D eigenvalue weighted by Gasteiger charge is -2.38. The Labute approximate surface area is 251 Å². The predicted molar refractivity (Wildman–Crippen MR) is 162 cm³/mol. The van der Waals surface area contributed by atoms with Crippen LogP contribution in [0.15, 0.2) is 78.5 Å². The predicted octanol–water partition coefficient (Wildman–Crippen LogP) is 4.45. The number of allylic oxidation sites excluding steroid dienone is 1. The topological polar surface area (TPSA) is 161 Å². The van der Waals surface area contributed by atoms with E-state index in [9.17, 15) is 4.79 Å². The van der Waals surface area contributed by atoms with Crippen LogP contribution in [-0.2, 0) is 4.79 Å². The van der Waals surface area contributed by atoms with Gasteiger partial charge in [-0.3, -0.25) is 14.8 Å². The molecule has 0 radical (unpaired) electrons. The maximum absolute atomic E-state index is 15.1. The average Bonchev–Trinajstić information content (AvgIpc) is 3.00. The van der Waals surface area contributed by atoms with Gasteiger partial charge < -0.3 is 30.2 Å². The van der Waals surface area contributed by atoms with Crippen molar-refractivity contribution in [2.45, 2.75) is 13.0 Å². The van der Waals surface area contributed by atoms with E-state index in [1.807, 2.05) is 0 Å². The molecule has 44 heavy (non-hydrogen) atoms. The number of nitrogens with zero attached hydrogens (tertiary/aromatic N) is 6. The SMILES string of the molecule is C=CC(=O)N1CC(Oc2cc3c(Nc4ccc(O/C(N)=C/C=Nc5cnc(C)c(C#N)c5)cc4F)ncnc3cc2OC)C1. The van der Waals surface area contributed by atoms with E-state index in [0.29, 0.717) is 58.3 Å². The highest BCUT2D eigenvalue weighted by molar-refractivity contribution is 5.93. The maximum atomic E-state index is 15.1. The molecule has 0 unspecified atom stereocenters. The van der Waals surface area contributed by atoms with E-state index >= 15 is 4.39 Å². The zero-order chi connectivity index (χ0) is 31.2. The number of ether oxygens (including phenoxy) is 3. The number of nitriles is 1. The Balaban J connectivity index is 1.29. The minimum absolute atomic E-state index is 0.0267. The summed E-state index contributed by atoms with van der Waals surface area (Å²) in [5.74, 6) is 0.601. The maximum Gasteiger partial charge on any atom is 0.246 e. The molecule has 0 spiro atoms. The number of anilines is 2. The fourth-order valence-electron chi connectivity index (χ4n) is 4.28. The number of rotatable bonds is 10. The number of pyridine rings is 1. The number of hydrogen-bond acceptors (Lipinski definition) is 11. The summed E-state index contributed by atoms with van der Waals surface area (Å²) in [7, 11) is 1.52. The molecule has 0 saturated carbocycles. The molecule has 1 saturated heterocycles. The van der Waals surface area contributed by atoms with Crippen LogP contribution in [0, 0.1) is 24.1 Å². The second-order valence-electron chi connectivity index (χ2n) is 9.58. The third-order valence-corrected chi connectivity index (χ3v) is 6.63. The van der Waals surface area contributed by atoms with Crippen molar-refractivity contribution < 1.29 is 23.4 Å². The zero-order valence-corrected chi connectivity index (χ0v) is 23.8. The van der Waals surface area contributed by atoms with Crippen LogP contribution in [0.4, 0.5) is 21.6 Å². The fraction of sp³-hybridized carbons (Fsp3) is 0.161. The number of methoxy groups -OCH3 is 1. The number of aliphatic imine (C=N–C) groups is 1. The number of halogens is 1. The molecule has 3 N–H and O–H groups in total. The summed E-state index contributed by atoms with van der Waals surface area (Å²) in [4.78, 5) is 30.3. The monoisotopic (exact) mass is 594 g/mol. The van der Waals surface area contributed by atoms with Gasteiger partial charge in [0.05, 0.1) is 54.5 Å². The average molecular weight is 595 g/mol. The summed E-state index contributed by atoms with van der Waals surface area (Å²) in [6, 6.07) is 11.3. The van der Waals surface area contributed by atoms with Crippen molar-refractivity contribution >= 4 is 40.2 Å². The molecular formula is C31H27FN8O4. The van der Waals surface area contributed by atoms with E-state index in [1.54, 1.807) is 36.1 Å². The number of benzene rings is 2. The number of nitrogens with two attached hydrogens (primary N) is 1. The Morgan fingerprint density at radius 3 is 2.77 bits per heavy atom. The van der Waals surface area contributed by atoms with Gasteiger partial charge in [0.15, 0.2) is 17.4 Å². The minimum atomic E-state index is -0.614. The molecule has 4 aromatic rings. The number of carbonyl (C=O) groups is 1. The first kappa shape index (κ1) is 29.5. The van der Waals surface area contributed by atoms with E-state index < -0.39 is 5.82 Å². The lowest BCUT2D eigenvalue weighted by molar-refractivity contribution is -0.134. The Morgan fingerprint density at radius 1 is 1.23 bits per heavy atom. The third-order valence-electron chi connectivity index (χ3n) is 6.63. The first-order valence-corrected chi connectivity index (χ1v) is 13.3. The number of aromatic nitrogens is 3. The van der Waals surface area contributed by atoms with Crippen LogP contribution in [0.1, 0.15) is 11.3 Å². The van der Waals surface area contributed by atoms with E-state index in [0.717, 1.165) is 0 Å². The highest BCUT2D eigenvalue weighted by Gasteiger charge is 2.31. The van der Waals surface area contributed by atoms with Gasteiger partial charge in [-0.25, -0.2) is 14.4 Å². The first-order valence-electron chi connectivity index (χ1n) is 13.3. The number of carbonyl (C=O) groups excluding carboxylic acids is 1. The number of amides is 1. The van der Waals surface area contributed by atoms with Crippen LogP contribution in [0.5, 0.6) is 17.2 Å². The van der Waals surface area contributed by atoms with Crippen molar-refractivity contribution in [3.8, 4) is 23.3 Å². The van der Waals surface area contributed by atoms with E-state index in [1.165, 1.54) is 50.1 Å². The Kier molecular flexibility index (Phi) is 8.62. The molecule has 1 fully saturated rings. The molecule has 2 aromatic carbocycles. The van der Waals surface area contributed by atoms with Gasteiger partial charge in [-0.1, -0.05) is 6.58 Å². The lowest BCUT2D eigenvalue weighted by atomic mass is 10.1.